The van der Waals surface area contributed by atoms with Gasteiger partial charge in [-0.3, -0.25) is 0 Å². The molecule has 1 aromatic carbocycles. The third kappa shape index (κ3) is 1.97. The normalized spacial score (nSPS) is 16.4. The molecular weight excluding hydrogens is 210 g/mol. The van der Waals surface area contributed by atoms with E-state index in [4.69, 9.17) is 0 Å². The Labute approximate surface area is 101 Å². The molecule has 1 aliphatic rings. The summed E-state index contributed by atoms with van der Waals surface area (Å²) in [7, 11) is 0. The summed E-state index contributed by atoms with van der Waals surface area (Å²) in [5.74, 6) is 1.11. The highest BCUT2D eigenvalue weighted by Gasteiger charge is 2.14. The zero-order chi connectivity index (χ0) is 11.7. The smallest absolute Gasteiger partial charge is 0.139 e. The Bertz CT molecular complexity index is 530. The van der Waals surface area contributed by atoms with Gasteiger partial charge in [-0.05, 0) is 38.3 Å². The van der Waals surface area contributed by atoms with Gasteiger partial charge in [-0.2, -0.15) is 0 Å². The van der Waals surface area contributed by atoms with Crippen LogP contribution in [0.25, 0.3) is 10.9 Å². The third-order valence-electron chi connectivity index (χ3n) is 3.43. The Hall–Kier alpha value is -1.64. The van der Waals surface area contributed by atoms with Crippen LogP contribution in [0.4, 0.5) is 5.82 Å². The molecular formula is C14H17N3. The Morgan fingerprint density at radius 3 is 2.71 bits per heavy atom. The van der Waals surface area contributed by atoms with E-state index in [9.17, 15) is 0 Å². The molecule has 0 saturated carbocycles. The molecule has 0 N–H and O–H groups in total. The molecule has 0 atom stereocenters. The number of rotatable bonds is 1. The highest BCUT2D eigenvalue weighted by Crippen LogP contribution is 2.26. The second-order valence-corrected chi connectivity index (χ2v) is 4.77. The summed E-state index contributed by atoms with van der Waals surface area (Å²) in [6.07, 6.45) is 5.58. The van der Waals surface area contributed by atoms with Gasteiger partial charge in [0.05, 0.1) is 5.52 Å². The maximum Gasteiger partial charge on any atom is 0.139 e. The molecule has 3 heteroatoms. The van der Waals surface area contributed by atoms with E-state index in [0.717, 1.165) is 24.4 Å². The standard InChI is InChI=1S/C14H17N3/c1-11-5-6-13-12(9-11)14(16-10-15-13)17-7-3-2-4-8-17/h5-6,9-10H,2-4,7-8H2,1H3. The van der Waals surface area contributed by atoms with Gasteiger partial charge < -0.3 is 4.90 Å². The van der Waals surface area contributed by atoms with Crippen LogP contribution >= 0.6 is 0 Å². The second-order valence-electron chi connectivity index (χ2n) is 4.77. The first-order valence-corrected chi connectivity index (χ1v) is 6.31. The molecule has 3 rings (SSSR count). The van der Waals surface area contributed by atoms with Gasteiger partial charge in [-0.25, -0.2) is 9.97 Å². The molecule has 0 amide bonds. The summed E-state index contributed by atoms with van der Waals surface area (Å²) < 4.78 is 0. The minimum absolute atomic E-state index is 1.05. The molecule has 0 bridgehead atoms. The molecule has 88 valence electrons. The second kappa shape index (κ2) is 4.32. The fourth-order valence-corrected chi connectivity index (χ4v) is 2.51. The van der Waals surface area contributed by atoms with E-state index in [1.807, 2.05) is 0 Å². The van der Waals surface area contributed by atoms with Crippen LogP contribution in [0.15, 0.2) is 24.5 Å². The van der Waals surface area contributed by atoms with E-state index >= 15 is 0 Å². The van der Waals surface area contributed by atoms with E-state index in [2.05, 4.69) is 40.0 Å². The molecule has 0 unspecified atom stereocenters. The van der Waals surface area contributed by atoms with Crippen LogP contribution in [-0.2, 0) is 0 Å². The van der Waals surface area contributed by atoms with Crippen molar-refractivity contribution in [1.82, 2.24) is 9.97 Å². The SMILES string of the molecule is Cc1ccc2ncnc(N3CCCCC3)c2c1. The first kappa shape index (κ1) is 10.5. The number of nitrogens with zero attached hydrogens (tertiary/aromatic N) is 3. The fourth-order valence-electron chi connectivity index (χ4n) is 2.51. The monoisotopic (exact) mass is 227 g/mol. The molecule has 1 fully saturated rings. The van der Waals surface area contributed by atoms with Gasteiger partial charge in [0.15, 0.2) is 0 Å². The predicted molar refractivity (Wildman–Crippen MR) is 70.3 cm³/mol. The number of hydrogen-bond acceptors (Lipinski definition) is 3. The lowest BCUT2D eigenvalue weighted by Crippen LogP contribution is -2.30. The first-order chi connectivity index (χ1) is 8.34. The topological polar surface area (TPSA) is 29.0 Å². The lowest BCUT2D eigenvalue weighted by molar-refractivity contribution is 0.574. The van der Waals surface area contributed by atoms with Crippen molar-refractivity contribution in [3.05, 3.63) is 30.1 Å². The van der Waals surface area contributed by atoms with E-state index in [1.54, 1.807) is 6.33 Å². The summed E-state index contributed by atoms with van der Waals surface area (Å²) in [6.45, 7) is 4.37. The van der Waals surface area contributed by atoms with Crippen molar-refractivity contribution in [3.8, 4) is 0 Å². The number of benzene rings is 1. The van der Waals surface area contributed by atoms with Crippen LogP contribution in [-0.4, -0.2) is 23.1 Å². The summed E-state index contributed by atoms with van der Waals surface area (Å²) in [5, 5.41) is 1.19. The van der Waals surface area contributed by atoms with Gasteiger partial charge in [-0.15, -0.1) is 0 Å². The van der Waals surface area contributed by atoms with Crippen LogP contribution in [0.1, 0.15) is 24.8 Å². The van der Waals surface area contributed by atoms with Gasteiger partial charge in [0.2, 0.25) is 0 Å². The highest BCUT2D eigenvalue weighted by atomic mass is 15.2. The van der Waals surface area contributed by atoms with Crippen molar-refractivity contribution in [2.45, 2.75) is 26.2 Å². The van der Waals surface area contributed by atoms with Crippen LogP contribution in [0.2, 0.25) is 0 Å². The average molecular weight is 227 g/mol. The summed E-state index contributed by atoms with van der Waals surface area (Å²) in [4.78, 5) is 11.2. The minimum Gasteiger partial charge on any atom is -0.356 e. The molecule has 0 aliphatic carbocycles. The average Bonchev–Trinajstić information content (AvgIpc) is 2.39. The van der Waals surface area contributed by atoms with Crippen LogP contribution < -0.4 is 4.90 Å². The first-order valence-electron chi connectivity index (χ1n) is 6.31. The van der Waals surface area contributed by atoms with Crippen molar-refractivity contribution in [2.75, 3.05) is 18.0 Å². The summed E-state index contributed by atoms with van der Waals surface area (Å²) in [6, 6.07) is 6.38. The van der Waals surface area contributed by atoms with Gasteiger partial charge in [0.1, 0.15) is 12.1 Å². The predicted octanol–water partition coefficient (Wildman–Crippen LogP) is 2.93. The van der Waals surface area contributed by atoms with Gasteiger partial charge in [0.25, 0.3) is 0 Å². The Kier molecular flexibility index (Phi) is 2.67. The quantitative estimate of drug-likeness (QED) is 0.750. The fraction of sp³-hybridized carbons (Fsp3) is 0.429. The molecule has 2 heterocycles. The number of hydrogen-bond donors (Lipinski definition) is 0. The summed E-state index contributed by atoms with van der Waals surface area (Å²) in [5.41, 5.74) is 2.32. The van der Waals surface area contributed by atoms with Crippen LogP contribution in [0.5, 0.6) is 0 Å². The number of aromatic nitrogens is 2. The van der Waals surface area contributed by atoms with Crippen molar-refractivity contribution < 1.29 is 0 Å². The lowest BCUT2D eigenvalue weighted by atomic mass is 10.1. The summed E-state index contributed by atoms with van der Waals surface area (Å²) >= 11 is 0. The molecule has 1 aliphatic heterocycles. The van der Waals surface area contributed by atoms with E-state index in [-0.39, 0.29) is 0 Å². The molecule has 1 aromatic heterocycles. The zero-order valence-corrected chi connectivity index (χ0v) is 10.2. The Morgan fingerprint density at radius 2 is 1.88 bits per heavy atom. The van der Waals surface area contributed by atoms with E-state index in [1.165, 1.54) is 30.2 Å². The van der Waals surface area contributed by atoms with Crippen LogP contribution in [0.3, 0.4) is 0 Å². The Morgan fingerprint density at radius 1 is 1.06 bits per heavy atom. The van der Waals surface area contributed by atoms with Gasteiger partial charge in [-0.1, -0.05) is 11.6 Å². The maximum atomic E-state index is 4.49. The van der Waals surface area contributed by atoms with Crippen molar-refractivity contribution >= 4 is 16.7 Å². The highest BCUT2D eigenvalue weighted by molar-refractivity contribution is 5.89. The van der Waals surface area contributed by atoms with Crippen molar-refractivity contribution in [2.24, 2.45) is 0 Å². The largest absolute Gasteiger partial charge is 0.356 e. The molecule has 0 radical (unpaired) electrons. The van der Waals surface area contributed by atoms with Crippen molar-refractivity contribution in [1.29, 1.82) is 0 Å². The van der Waals surface area contributed by atoms with Gasteiger partial charge >= 0.3 is 0 Å². The molecule has 1 saturated heterocycles. The number of fused-ring (bicyclic) bond motifs is 1. The number of anilines is 1. The third-order valence-corrected chi connectivity index (χ3v) is 3.43. The van der Waals surface area contributed by atoms with E-state index < -0.39 is 0 Å². The molecule has 0 spiro atoms. The number of aryl methyl sites for hydroxylation is 1. The maximum absolute atomic E-state index is 4.49. The van der Waals surface area contributed by atoms with E-state index in [0.29, 0.717) is 0 Å². The molecule has 3 nitrogen and oxygen atoms in total. The van der Waals surface area contributed by atoms with Gasteiger partial charge in [0, 0.05) is 18.5 Å². The number of piperidine rings is 1. The molecule has 2 aromatic rings. The zero-order valence-electron chi connectivity index (χ0n) is 10.2. The Balaban J connectivity index is 2.11. The van der Waals surface area contributed by atoms with Crippen LogP contribution in [0, 0.1) is 6.92 Å². The van der Waals surface area contributed by atoms with Crippen molar-refractivity contribution in [3.63, 3.8) is 0 Å². The lowest BCUT2D eigenvalue weighted by Gasteiger charge is -2.28. The molecule has 17 heavy (non-hydrogen) atoms. The minimum atomic E-state index is 1.05.